The molecular weight excluding hydrogens is 625 g/mol. The number of benzene rings is 11. The first-order valence-electron chi connectivity index (χ1n) is 20.2. The molecule has 0 unspecified atom stereocenters. The molecule has 0 heteroatoms. The maximum Gasteiger partial charge on any atom is 0.0629 e. The Kier molecular flexibility index (Phi) is 5.34. The van der Waals surface area contributed by atoms with Crippen LogP contribution in [-0.2, 0) is 0 Å². The highest BCUT2D eigenvalue weighted by atomic mass is 14.2. The van der Waals surface area contributed by atoms with Crippen molar-refractivity contribution >= 4 is 64.6 Å². The molecule has 11 aromatic rings. The molecule has 0 radical (unpaired) electrons. The molecule has 0 aliphatic heterocycles. The molecule has 0 heterocycles. The summed E-state index contributed by atoms with van der Waals surface area (Å²) in [4.78, 5) is 0. The van der Waals surface area contributed by atoms with Gasteiger partial charge in [0, 0.05) is 0 Å². The predicted molar refractivity (Wildman–Crippen MR) is 224 cm³/mol. The molecule has 0 saturated carbocycles. The van der Waals surface area contributed by atoms with Gasteiger partial charge in [0.25, 0.3) is 0 Å². The lowest BCUT2D eigenvalue weighted by molar-refractivity contribution is 1.64. The highest BCUT2D eigenvalue weighted by Crippen LogP contribution is 2.46. The molecule has 0 nitrogen and oxygen atoms in total. The Morgan fingerprint density at radius 3 is 1.37 bits per heavy atom. The van der Waals surface area contributed by atoms with Crippen molar-refractivity contribution in [3.63, 3.8) is 0 Å². The van der Waals surface area contributed by atoms with Crippen LogP contribution < -0.4 is 0 Å². The van der Waals surface area contributed by atoms with E-state index in [1.165, 1.54) is 49.0 Å². The van der Waals surface area contributed by atoms with E-state index in [1.54, 1.807) is 0 Å². The Hall–Kier alpha value is -6.76. The minimum Gasteiger partial charge on any atom is -0.0622 e. The fourth-order valence-electron chi connectivity index (χ4n) is 8.64. The maximum absolute atomic E-state index is 8.73. The Morgan fingerprint density at radius 2 is 0.750 bits per heavy atom. The maximum atomic E-state index is 8.73. The van der Waals surface area contributed by atoms with Gasteiger partial charge in [-0.3, -0.25) is 0 Å². The quantitative estimate of drug-likeness (QED) is 0.130. The normalized spacial score (nSPS) is 13.2. The van der Waals surface area contributed by atoms with E-state index in [9.17, 15) is 0 Å². The molecule has 0 N–H and O–H groups in total. The van der Waals surface area contributed by atoms with E-state index in [-0.39, 0.29) is 35.8 Å². The van der Waals surface area contributed by atoms with Crippen molar-refractivity contribution in [2.45, 2.75) is 0 Å². The van der Waals surface area contributed by atoms with E-state index in [2.05, 4.69) is 146 Å². The van der Waals surface area contributed by atoms with Gasteiger partial charge < -0.3 is 0 Å². The number of rotatable bonds is 4. The molecule has 0 aliphatic rings. The standard InChI is InChI=1S/C52H32/c1-2-11-33(12-3-1)40-29-25-37-28-32-48-41(30-26-38-27-31-47(40)50(37)51(38)48)35-21-23-36(24-22-35)49-43-16-6-8-18-45(43)52(46-19-9-7-17-44(46)49)42-20-10-14-34-13-4-5-15-39(34)42/h1-32H/i1D,2D,3D,11D,12D. The average Bonchev–Trinajstić information content (AvgIpc) is 3.26. The molecule has 240 valence electrons. The lowest BCUT2D eigenvalue weighted by atomic mass is 9.84. The van der Waals surface area contributed by atoms with E-state index >= 15 is 0 Å². The van der Waals surface area contributed by atoms with Crippen molar-refractivity contribution in [1.29, 1.82) is 0 Å². The molecule has 0 spiro atoms. The van der Waals surface area contributed by atoms with Crippen molar-refractivity contribution in [2.75, 3.05) is 0 Å². The van der Waals surface area contributed by atoms with E-state index in [0.717, 1.165) is 49.0 Å². The molecule has 52 heavy (non-hydrogen) atoms. The van der Waals surface area contributed by atoms with Crippen LogP contribution in [-0.4, -0.2) is 0 Å². The fourth-order valence-corrected chi connectivity index (χ4v) is 8.64. The summed E-state index contributed by atoms with van der Waals surface area (Å²) >= 11 is 0. The van der Waals surface area contributed by atoms with Gasteiger partial charge in [-0.2, -0.15) is 0 Å². The molecule has 0 saturated heterocycles. The Bertz CT molecular complexity index is 3370. The van der Waals surface area contributed by atoms with Gasteiger partial charge in [0.2, 0.25) is 0 Å². The third kappa shape index (κ3) is 4.28. The van der Waals surface area contributed by atoms with Crippen LogP contribution in [0.25, 0.3) is 109 Å². The zero-order chi connectivity index (χ0) is 38.5. The van der Waals surface area contributed by atoms with Crippen LogP contribution in [0.5, 0.6) is 0 Å². The third-order valence-corrected chi connectivity index (χ3v) is 10.9. The summed E-state index contributed by atoms with van der Waals surface area (Å²) in [5, 5.41) is 13.6. The molecule has 0 bridgehead atoms. The molecule has 0 amide bonds. The molecule has 0 fully saturated rings. The first-order valence-corrected chi connectivity index (χ1v) is 17.7. The van der Waals surface area contributed by atoms with Crippen LogP contribution in [0.15, 0.2) is 194 Å². The molecule has 0 aliphatic carbocycles. The van der Waals surface area contributed by atoms with Crippen LogP contribution in [0.1, 0.15) is 6.85 Å². The topological polar surface area (TPSA) is 0 Å². The van der Waals surface area contributed by atoms with Gasteiger partial charge in [0.15, 0.2) is 0 Å². The zero-order valence-corrected chi connectivity index (χ0v) is 28.1. The summed E-state index contributed by atoms with van der Waals surface area (Å²) in [5.41, 5.74) is 7.91. The van der Waals surface area contributed by atoms with Crippen molar-refractivity contribution < 1.29 is 6.85 Å². The zero-order valence-electron chi connectivity index (χ0n) is 33.1. The van der Waals surface area contributed by atoms with Crippen molar-refractivity contribution in [3.05, 3.63) is 194 Å². The summed E-state index contributed by atoms with van der Waals surface area (Å²) in [7, 11) is 0. The van der Waals surface area contributed by atoms with Crippen molar-refractivity contribution in [3.8, 4) is 44.5 Å². The second-order valence-electron chi connectivity index (χ2n) is 13.6. The summed E-state index contributed by atoms with van der Waals surface area (Å²) in [6.07, 6.45) is 0. The van der Waals surface area contributed by atoms with Crippen LogP contribution in [0.3, 0.4) is 0 Å². The molecule has 0 aromatic heterocycles. The van der Waals surface area contributed by atoms with E-state index in [1.807, 2.05) is 18.2 Å². The van der Waals surface area contributed by atoms with Crippen LogP contribution >= 0.6 is 0 Å². The van der Waals surface area contributed by atoms with Gasteiger partial charge >= 0.3 is 0 Å². The van der Waals surface area contributed by atoms with E-state index in [4.69, 9.17) is 6.85 Å². The van der Waals surface area contributed by atoms with Gasteiger partial charge in [-0.15, -0.1) is 0 Å². The molecular formula is C52H32. The number of hydrogen-bond acceptors (Lipinski definition) is 0. The Morgan fingerprint density at radius 1 is 0.269 bits per heavy atom. The summed E-state index contributed by atoms with van der Waals surface area (Å²) in [6, 6.07) is 56.9. The summed E-state index contributed by atoms with van der Waals surface area (Å²) in [5.74, 6) is 0. The molecule has 11 rings (SSSR count). The van der Waals surface area contributed by atoms with E-state index in [0.29, 0.717) is 5.56 Å². The number of hydrogen-bond donors (Lipinski definition) is 0. The van der Waals surface area contributed by atoms with Crippen molar-refractivity contribution in [2.24, 2.45) is 0 Å². The Labute approximate surface area is 309 Å². The van der Waals surface area contributed by atoms with Crippen LogP contribution in [0.2, 0.25) is 0 Å². The Balaban J connectivity index is 1.09. The highest BCUT2D eigenvalue weighted by Gasteiger charge is 2.19. The van der Waals surface area contributed by atoms with Gasteiger partial charge in [-0.1, -0.05) is 194 Å². The first-order chi connectivity index (χ1) is 27.9. The highest BCUT2D eigenvalue weighted by molar-refractivity contribution is 6.28. The summed E-state index contributed by atoms with van der Waals surface area (Å²) < 4.78 is 42.3. The average molecular weight is 662 g/mol. The second-order valence-corrected chi connectivity index (χ2v) is 13.6. The smallest absolute Gasteiger partial charge is 0.0622 e. The monoisotopic (exact) mass is 661 g/mol. The number of fused-ring (bicyclic) bond motifs is 3. The molecule has 0 atom stereocenters. The largest absolute Gasteiger partial charge is 0.0629 e. The molecule has 11 aromatic carbocycles. The van der Waals surface area contributed by atoms with Gasteiger partial charge in [-0.25, -0.2) is 0 Å². The van der Waals surface area contributed by atoms with Gasteiger partial charge in [0.1, 0.15) is 0 Å². The predicted octanol–water partition coefficient (Wildman–Crippen LogP) is 14.7. The van der Waals surface area contributed by atoms with Crippen LogP contribution in [0.4, 0.5) is 0 Å². The minimum atomic E-state index is -0.388. The lowest BCUT2D eigenvalue weighted by Gasteiger charge is -2.19. The van der Waals surface area contributed by atoms with Crippen LogP contribution in [0, 0.1) is 0 Å². The third-order valence-electron chi connectivity index (χ3n) is 10.9. The van der Waals surface area contributed by atoms with Gasteiger partial charge in [0.05, 0.1) is 6.85 Å². The van der Waals surface area contributed by atoms with Crippen molar-refractivity contribution in [1.82, 2.24) is 0 Å². The first kappa shape index (κ1) is 24.4. The second kappa shape index (κ2) is 11.4. The lowest BCUT2D eigenvalue weighted by Crippen LogP contribution is -1.92. The fraction of sp³-hybridized carbons (Fsp3) is 0. The minimum absolute atomic E-state index is 0.194. The summed E-state index contributed by atoms with van der Waals surface area (Å²) in [6.45, 7) is 0. The van der Waals surface area contributed by atoms with Gasteiger partial charge in [-0.05, 0) is 109 Å². The van der Waals surface area contributed by atoms with E-state index < -0.39 is 0 Å². The SMILES string of the molecule is [2H]c1c([2H])c([2H])c(-c2ccc3ccc4c(-c5ccc(-c6c7ccccc7c(-c7cccc8ccccc78)c7ccccc67)cc5)ccc5ccc2c3c54)c([2H])c1[2H].